The van der Waals surface area contributed by atoms with Crippen LogP contribution in [0, 0.1) is 5.70 Å². The first-order valence-corrected chi connectivity index (χ1v) is 3.52. The fourth-order valence-electron chi connectivity index (χ4n) is 0. The van der Waals surface area contributed by atoms with E-state index in [4.69, 9.17) is 0 Å². The van der Waals surface area contributed by atoms with Gasteiger partial charge in [-0.1, -0.05) is 5.70 Å². The maximum Gasteiger partial charge on any atom is 0.0372 e. The number of hydrogen-bond acceptors (Lipinski definition) is 0. The largest absolute Gasteiger partial charge is 0.107 e. The van der Waals surface area contributed by atoms with Crippen LogP contribution in [0.5, 0.6) is 0 Å². The molecule has 0 spiro atoms. The molecule has 0 aliphatic rings. The van der Waals surface area contributed by atoms with Crippen LogP contribution in [0.4, 0.5) is 0 Å². The molecule has 0 aromatic rings. The van der Waals surface area contributed by atoms with Crippen LogP contribution in [0.25, 0.3) is 0 Å². The van der Waals surface area contributed by atoms with Crippen molar-refractivity contribution in [1.29, 1.82) is 0 Å². The summed E-state index contributed by atoms with van der Waals surface area (Å²) in [6.45, 7) is 0. The van der Waals surface area contributed by atoms with Gasteiger partial charge in [0, 0.05) is 20.5 Å². The van der Waals surface area contributed by atoms with E-state index >= 15 is 0 Å². The summed E-state index contributed by atoms with van der Waals surface area (Å²) in [6.07, 6.45) is 0. The van der Waals surface area contributed by atoms with Gasteiger partial charge in [-0.15, -0.1) is 5.70 Å². The lowest BCUT2D eigenvalue weighted by Crippen LogP contribution is -1.49. The summed E-state index contributed by atoms with van der Waals surface area (Å²) in [7, 11) is 2.31. The second kappa shape index (κ2) is 3.17. The zero-order valence-corrected chi connectivity index (χ0v) is 7.08. The topological polar surface area (TPSA) is 0 Å². The molecule has 1 radical (unpaired) electrons. The van der Waals surface area contributed by atoms with E-state index in [-0.39, 0.29) is 0 Å². The maximum absolute atomic E-state index is 3.01. The SMILES string of the molecule is [SiH3]/[C]=C\[SiH3]. The summed E-state index contributed by atoms with van der Waals surface area (Å²) >= 11 is 0. The highest BCUT2D eigenvalue weighted by Crippen LogP contribution is 1.39. The molecule has 4 heavy (non-hydrogen) atoms. The van der Waals surface area contributed by atoms with Crippen molar-refractivity contribution >= 4 is 20.5 Å². The second-order valence-electron chi connectivity index (χ2n) is 0.577. The normalized spacial score (nSPS) is 11.0. The van der Waals surface area contributed by atoms with E-state index in [9.17, 15) is 0 Å². The van der Waals surface area contributed by atoms with Gasteiger partial charge >= 0.3 is 0 Å². The Kier molecular flexibility index (Phi) is 3.31. The van der Waals surface area contributed by atoms with Crippen molar-refractivity contribution in [3.05, 3.63) is 11.4 Å². The molecule has 0 rings (SSSR count). The third-order valence-corrected chi connectivity index (χ3v) is 2.60. The van der Waals surface area contributed by atoms with Gasteiger partial charge in [-0.05, 0) is 0 Å². The van der Waals surface area contributed by atoms with E-state index in [1.54, 1.807) is 0 Å². The van der Waals surface area contributed by atoms with E-state index in [0.29, 0.717) is 0 Å². The van der Waals surface area contributed by atoms with Gasteiger partial charge in [0.25, 0.3) is 0 Å². The maximum atomic E-state index is 3.01. The van der Waals surface area contributed by atoms with Crippen LogP contribution in [0.3, 0.4) is 0 Å². The lowest BCUT2D eigenvalue weighted by atomic mass is 11.2. The van der Waals surface area contributed by atoms with Crippen LogP contribution in [-0.4, -0.2) is 20.5 Å². The van der Waals surface area contributed by atoms with Gasteiger partial charge in [-0.25, -0.2) is 0 Å². The molecule has 0 saturated heterocycles. The van der Waals surface area contributed by atoms with Crippen molar-refractivity contribution in [3.63, 3.8) is 0 Å². The van der Waals surface area contributed by atoms with Crippen molar-refractivity contribution in [1.82, 2.24) is 0 Å². The predicted octanol–water partition coefficient (Wildman–Crippen LogP) is -2.01. The summed E-state index contributed by atoms with van der Waals surface area (Å²) in [5.41, 5.74) is 5.08. The highest BCUT2D eigenvalue weighted by molar-refractivity contribution is 6.23. The first-order valence-electron chi connectivity index (χ1n) is 1.37. The minimum Gasteiger partial charge on any atom is -0.107 e. The lowest BCUT2D eigenvalue weighted by molar-refractivity contribution is 2.36. The highest BCUT2D eigenvalue weighted by Gasteiger charge is 1.37. The van der Waals surface area contributed by atoms with Crippen molar-refractivity contribution in [2.45, 2.75) is 0 Å². The van der Waals surface area contributed by atoms with E-state index in [2.05, 4.69) is 11.4 Å². The summed E-state index contributed by atoms with van der Waals surface area (Å²) in [5, 5.41) is 0. The van der Waals surface area contributed by atoms with Crippen LogP contribution >= 0.6 is 0 Å². The molecule has 0 fully saturated rings. The first kappa shape index (κ1) is 4.17. The van der Waals surface area contributed by atoms with Gasteiger partial charge in [-0.2, -0.15) is 0 Å². The van der Waals surface area contributed by atoms with Crippen molar-refractivity contribution in [2.24, 2.45) is 0 Å². The summed E-state index contributed by atoms with van der Waals surface area (Å²) in [5.74, 6) is 0. The summed E-state index contributed by atoms with van der Waals surface area (Å²) < 4.78 is 0. The molecule has 0 aliphatic carbocycles. The molecular formula is C2H7Si2. The minimum absolute atomic E-state index is 1.12. The Morgan fingerprint density at radius 3 is 2.00 bits per heavy atom. The van der Waals surface area contributed by atoms with Crippen molar-refractivity contribution in [2.75, 3.05) is 0 Å². The molecule has 0 aromatic heterocycles. The lowest BCUT2D eigenvalue weighted by Gasteiger charge is -1.47. The van der Waals surface area contributed by atoms with Crippen molar-refractivity contribution < 1.29 is 0 Å². The molecule has 0 heterocycles. The third kappa shape index (κ3) is 2.17. The molecule has 0 saturated carbocycles. The van der Waals surface area contributed by atoms with Crippen molar-refractivity contribution in [3.8, 4) is 0 Å². The summed E-state index contributed by atoms with van der Waals surface area (Å²) in [4.78, 5) is 0. The zero-order chi connectivity index (χ0) is 3.41. The Balaban J connectivity index is 2.55. The molecule has 0 unspecified atom stereocenters. The van der Waals surface area contributed by atoms with E-state index < -0.39 is 0 Å². The van der Waals surface area contributed by atoms with Gasteiger partial charge in [0.15, 0.2) is 0 Å². The van der Waals surface area contributed by atoms with Gasteiger partial charge in [0.1, 0.15) is 0 Å². The van der Waals surface area contributed by atoms with E-state index in [0.717, 1.165) is 10.2 Å². The van der Waals surface area contributed by atoms with Gasteiger partial charge in [0.05, 0.1) is 0 Å². The molecule has 0 atom stereocenters. The number of hydrogen-bond donors (Lipinski definition) is 0. The zero-order valence-electron chi connectivity index (χ0n) is 3.08. The fourth-order valence-corrected chi connectivity index (χ4v) is 0. The molecule has 23 valence electrons. The summed E-state index contributed by atoms with van der Waals surface area (Å²) in [6, 6.07) is 0. The Morgan fingerprint density at radius 2 is 2.00 bits per heavy atom. The van der Waals surface area contributed by atoms with Gasteiger partial charge < -0.3 is 0 Å². The Labute approximate surface area is 32.8 Å². The van der Waals surface area contributed by atoms with Crippen LogP contribution < -0.4 is 0 Å². The molecule has 0 aromatic carbocycles. The Bertz CT molecular complexity index is 19.2. The van der Waals surface area contributed by atoms with E-state index in [1.165, 1.54) is 10.2 Å². The Morgan fingerprint density at radius 1 is 1.75 bits per heavy atom. The van der Waals surface area contributed by atoms with Crippen LogP contribution in [-0.2, 0) is 0 Å². The van der Waals surface area contributed by atoms with Crippen LogP contribution in [0.1, 0.15) is 0 Å². The third-order valence-electron chi connectivity index (χ3n) is 0.289. The highest BCUT2D eigenvalue weighted by atomic mass is 28.2. The molecule has 0 amide bonds. The average molecular weight is 87.2 g/mol. The molecule has 0 aliphatic heterocycles. The van der Waals surface area contributed by atoms with Gasteiger partial charge in [0.2, 0.25) is 0 Å². The quantitative estimate of drug-likeness (QED) is 0.300. The molecule has 0 N–H and O–H groups in total. The van der Waals surface area contributed by atoms with Gasteiger partial charge in [-0.3, -0.25) is 0 Å². The smallest absolute Gasteiger partial charge is 0.0372 e. The van der Waals surface area contributed by atoms with E-state index in [1.807, 2.05) is 0 Å². The monoisotopic (exact) mass is 87.0 g/mol. The van der Waals surface area contributed by atoms with Crippen LogP contribution in [0.2, 0.25) is 0 Å². The molecular weight excluding hydrogens is 80.2 g/mol. The fraction of sp³-hybridized carbons (Fsp3) is 0. The predicted molar refractivity (Wildman–Crippen MR) is 27.7 cm³/mol. The molecule has 0 nitrogen and oxygen atoms in total. The Hall–Kier alpha value is 0.174. The first-order chi connectivity index (χ1) is 1.91. The van der Waals surface area contributed by atoms with Crippen LogP contribution in [0.15, 0.2) is 5.70 Å². The standard InChI is InChI=1S/C2H7Si2/c3-1-2-4/h1H,3-4H3. The molecule has 2 heteroatoms. The second-order valence-corrected chi connectivity index (χ2v) is 1.73. The minimum atomic E-state index is 1.12. The number of rotatable bonds is 0. The molecule has 0 bridgehead atoms. The average Bonchev–Trinajstić information content (AvgIpc) is 1.37.